The lowest BCUT2D eigenvalue weighted by Gasteiger charge is -2.35. The van der Waals surface area contributed by atoms with Crippen molar-refractivity contribution in [2.75, 3.05) is 14.2 Å². The normalized spacial score (nSPS) is 22.5. The van der Waals surface area contributed by atoms with Crippen LogP contribution in [0.15, 0.2) is 12.1 Å². The molecule has 1 N–H and O–H groups in total. The van der Waals surface area contributed by atoms with Crippen LogP contribution in [0.2, 0.25) is 0 Å². The number of halogens is 1. The second-order valence-electron chi connectivity index (χ2n) is 4.79. The van der Waals surface area contributed by atoms with Crippen LogP contribution in [0.1, 0.15) is 18.9 Å². The van der Waals surface area contributed by atoms with E-state index in [0.717, 1.165) is 18.4 Å². The van der Waals surface area contributed by atoms with E-state index >= 15 is 0 Å². The number of aromatic amines is 1. The lowest BCUT2D eigenvalue weighted by atomic mass is 9.89. The maximum atomic E-state index is 13.7. The molecule has 1 aliphatic rings. The van der Waals surface area contributed by atoms with Crippen LogP contribution in [0, 0.1) is 10.6 Å². The van der Waals surface area contributed by atoms with Gasteiger partial charge in [-0.15, -0.1) is 0 Å². The van der Waals surface area contributed by atoms with Crippen LogP contribution in [-0.2, 0) is 4.74 Å². The monoisotopic (exact) mass is 282 g/mol. The van der Waals surface area contributed by atoms with Crippen LogP contribution in [0.25, 0.3) is 11.0 Å². The zero-order chi connectivity index (χ0) is 13.6. The lowest BCUT2D eigenvalue weighted by Crippen LogP contribution is -2.32. The van der Waals surface area contributed by atoms with Crippen LogP contribution >= 0.6 is 12.2 Å². The number of ether oxygens (including phenoxy) is 2. The molecule has 1 fully saturated rings. The number of nitrogens with one attached hydrogen (secondary N) is 1. The highest BCUT2D eigenvalue weighted by Crippen LogP contribution is 2.37. The second kappa shape index (κ2) is 4.61. The van der Waals surface area contributed by atoms with Gasteiger partial charge in [-0.1, -0.05) is 0 Å². The molecule has 1 aromatic heterocycles. The van der Waals surface area contributed by atoms with Gasteiger partial charge in [0.2, 0.25) is 0 Å². The van der Waals surface area contributed by atoms with E-state index in [0.29, 0.717) is 22.4 Å². The standard InChI is InChI=1S/C13H15FN2O2S/c1-17-8-3-7(4-8)16-11-6-12(18-2)9(14)5-10(11)15-13(16)19/h5-8H,3-4H2,1-2H3,(H,15,19). The highest BCUT2D eigenvalue weighted by atomic mass is 32.1. The van der Waals surface area contributed by atoms with Gasteiger partial charge in [0.25, 0.3) is 0 Å². The zero-order valence-electron chi connectivity index (χ0n) is 10.8. The number of benzene rings is 1. The van der Waals surface area contributed by atoms with Gasteiger partial charge in [-0.3, -0.25) is 0 Å². The summed E-state index contributed by atoms with van der Waals surface area (Å²) in [6.45, 7) is 0. The number of hydrogen-bond donors (Lipinski definition) is 1. The summed E-state index contributed by atoms with van der Waals surface area (Å²) in [5.41, 5.74) is 1.58. The van der Waals surface area contributed by atoms with E-state index in [4.69, 9.17) is 21.7 Å². The van der Waals surface area contributed by atoms with Crippen molar-refractivity contribution in [3.05, 3.63) is 22.7 Å². The molecule has 102 valence electrons. The third-order valence-corrected chi connectivity index (χ3v) is 4.06. The highest BCUT2D eigenvalue weighted by Gasteiger charge is 2.32. The van der Waals surface area contributed by atoms with Gasteiger partial charge in [0, 0.05) is 25.3 Å². The molecule has 0 saturated heterocycles. The Morgan fingerprint density at radius 3 is 2.74 bits per heavy atom. The van der Waals surface area contributed by atoms with Crippen molar-refractivity contribution >= 4 is 23.3 Å². The molecule has 0 bridgehead atoms. The molecule has 0 spiro atoms. The summed E-state index contributed by atoms with van der Waals surface area (Å²) < 4.78 is 26.6. The first kappa shape index (κ1) is 12.6. The largest absolute Gasteiger partial charge is 0.494 e. The number of H-pyrrole nitrogens is 1. The van der Waals surface area contributed by atoms with Crippen molar-refractivity contribution in [1.82, 2.24) is 9.55 Å². The molecule has 6 heteroatoms. The molecule has 0 atom stereocenters. The summed E-state index contributed by atoms with van der Waals surface area (Å²) >= 11 is 5.33. The molecule has 1 aromatic carbocycles. The fraction of sp³-hybridized carbons (Fsp3) is 0.462. The number of rotatable bonds is 3. The van der Waals surface area contributed by atoms with Crippen molar-refractivity contribution in [2.45, 2.75) is 25.0 Å². The zero-order valence-corrected chi connectivity index (χ0v) is 11.6. The Morgan fingerprint density at radius 1 is 1.37 bits per heavy atom. The molecule has 0 radical (unpaired) electrons. The number of imidazole rings is 1. The van der Waals surface area contributed by atoms with Crippen LogP contribution in [0.5, 0.6) is 5.75 Å². The van der Waals surface area contributed by atoms with E-state index in [-0.39, 0.29) is 11.6 Å². The van der Waals surface area contributed by atoms with E-state index in [1.54, 1.807) is 13.2 Å². The van der Waals surface area contributed by atoms with Gasteiger partial charge in [-0.05, 0) is 25.1 Å². The van der Waals surface area contributed by atoms with Gasteiger partial charge in [0.1, 0.15) is 0 Å². The second-order valence-corrected chi connectivity index (χ2v) is 5.17. The third kappa shape index (κ3) is 1.95. The maximum absolute atomic E-state index is 13.7. The first-order valence-corrected chi connectivity index (χ1v) is 6.55. The van der Waals surface area contributed by atoms with Gasteiger partial charge >= 0.3 is 0 Å². The number of hydrogen-bond acceptors (Lipinski definition) is 3. The van der Waals surface area contributed by atoms with Gasteiger partial charge in [0.05, 0.1) is 24.2 Å². The Hall–Kier alpha value is -1.40. The summed E-state index contributed by atoms with van der Waals surface area (Å²) in [6, 6.07) is 3.42. The van der Waals surface area contributed by atoms with Crippen LogP contribution in [0.3, 0.4) is 0 Å². The first-order valence-electron chi connectivity index (χ1n) is 6.14. The van der Waals surface area contributed by atoms with Crippen LogP contribution in [0.4, 0.5) is 4.39 Å². The summed E-state index contributed by atoms with van der Waals surface area (Å²) in [4.78, 5) is 3.04. The minimum atomic E-state index is -0.387. The minimum absolute atomic E-state index is 0.234. The Kier molecular flexibility index (Phi) is 3.06. The van der Waals surface area contributed by atoms with E-state index in [2.05, 4.69) is 4.98 Å². The molecule has 1 saturated carbocycles. The quantitative estimate of drug-likeness (QED) is 0.879. The van der Waals surface area contributed by atoms with Crippen molar-refractivity contribution < 1.29 is 13.9 Å². The Bertz CT molecular complexity index is 673. The van der Waals surface area contributed by atoms with Crippen molar-refractivity contribution in [2.24, 2.45) is 0 Å². The number of aromatic nitrogens is 2. The van der Waals surface area contributed by atoms with Crippen molar-refractivity contribution in [3.63, 3.8) is 0 Å². The average Bonchev–Trinajstić information content (AvgIpc) is 2.63. The third-order valence-electron chi connectivity index (χ3n) is 3.76. The Labute approximate surface area is 115 Å². The molecular weight excluding hydrogens is 267 g/mol. The summed E-state index contributed by atoms with van der Waals surface area (Å²) in [5.74, 6) is -0.153. The molecule has 0 amide bonds. The number of nitrogens with zero attached hydrogens (tertiary/aromatic N) is 1. The van der Waals surface area contributed by atoms with E-state index in [1.807, 2.05) is 4.57 Å². The highest BCUT2D eigenvalue weighted by molar-refractivity contribution is 7.71. The smallest absolute Gasteiger partial charge is 0.178 e. The summed E-state index contributed by atoms with van der Waals surface area (Å²) in [5, 5.41) is 0. The molecule has 3 rings (SSSR count). The molecule has 1 heterocycles. The summed E-state index contributed by atoms with van der Waals surface area (Å²) in [7, 11) is 3.17. The predicted octanol–water partition coefficient (Wildman–Crippen LogP) is 3.20. The van der Waals surface area contributed by atoms with E-state index < -0.39 is 0 Å². The molecular formula is C13H15FN2O2S. The Balaban J connectivity index is 2.09. The first-order chi connectivity index (χ1) is 9.13. The molecule has 1 aliphatic carbocycles. The van der Waals surface area contributed by atoms with Gasteiger partial charge in [0.15, 0.2) is 16.3 Å². The fourth-order valence-corrected chi connectivity index (χ4v) is 2.94. The summed E-state index contributed by atoms with van der Waals surface area (Å²) in [6.07, 6.45) is 2.15. The van der Waals surface area contributed by atoms with Crippen molar-refractivity contribution in [1.29, 1.82) is 0 Å². The predicted molar refractivity (Wildman–Crippen MR) is 72.7 cm³/mol. The van der Waals surface area contributed by atoms with Gasteiger partial charge in [-0.25, -0.2) is 4.39 Å². The number of fused-ring (bicyclic) bond motifs is 1. The van der Waals surface area contributed by atoms with Crippen LogP contribution in [-0.4, -0.2) is 29.9 Å². The lowest BCUT2D eigenvalue weighted by molar-refractivity contribution is 0.00697. The average molecular weight is 282 g/mol. The van der Waals surface area contributed by atoms with Crippen LogP contribution < -0.4 is 4.74 Å². The number of methoxy groups -OCH3 is 2. The molecule has 0 unspecified atom stereocenters. The van der Waals surface area contributed by atoms with E-state index in [9.17, 15) is 4.39 Å². The minimum Gasteiger partial charge on any atom is -0.494 e. The topological polar surface area (TPSA) is 39.2 Å². The van der Waals surface area contributed by atoms with Gasteiger partial charge in [-0.2, -0.15) is 0 Å². The Morgan fingerprint density at radius 2 is 2.11 bits per heavy atom. The molecule has 19 heavy (non-hydrogen) atoms. The maximum Gasteiger partial charge on any atom is 0.178 e. The van der Waals surface area contributed by atoms with Gasteiger partial charge < -0.3 is 19.0 Å². The SMILES string of the molecule is COc1cc2c(cc1F)[nH]c(=S)n2C1CC(OC)C1. The molecule has 2 aromatic rings. The fourth-order valence-electron chi connectivity index (χ4n) is 2.59. The van der Waals surface area contributed by atoms with Crippen molar-refractivity contribution in [3.8, 4) is 5.75 Å². The molecule has 0 aliphatic heterocycles. The van der Waals surface area contributed by atoms with E-state index in [1.165, 1.54) is 13.2 Å². The molecule has 4 nitrogen and oxygen atoms in total.